The average Bonchev–Trinajstić information content (AvgIpc) is 2.44. The highest BCUT2D eigenvalue weighted by Crippen LogP contribution is 1.99. The number of carbonyl (C=O) groups is 2. The summed E-state index contributed by atoms with van der Waals surface area (Å²) >= 11 is 0. The molecule has 1 fully saturated rings. The number of nitrogens with one attached hydrogen (secondary N) is 2. The molecule has 2 unspecified atom stereocenters. The van der Waals surface area contributed by atoms with Crippen LogP contribution in [0.3, 0.4) is 0 Å². The van der Waals surface area contributed by atoms with Crippen molar-refractivity contribution in [3.8, 4) is 0 Å². The summed E-state index contributed by atoms with van der Waals surface area (Å²) in [4.78, 5) is 24.6. The van der Waals surface area contributed by atoms with Crippen LogP contribution >= 0.6 is 0 Å². The Labute approximate surface area is 124 Å². The second-order valence-corrected chi connectivity index (χ2v) is 5.12. The van der Waals surface area contributed by atoms with Crippen LogP contribution < -0.4 is 10.6 Å². The van der Waals surface area contributed by atoms with Gasteiger partial charge in [0.25, 0.3) is 0 Å². The van der Waals surface area contributed by atoms with Gasteiger partial charge in [-0.05, 0) is 6.92 Å². The minimum Gasteiger partial charge on any atom is -0.481 e. The molecule has 0 saturated carbocycles. The van der Waals surface area contributed by atoms with Crippen LogP contribution in [0, 0.1) is 0 Å². The van der Waals surface area contributed by atoms with E-state index in [0.717, 1.165) is 32.8 Å². The van der Waals surface area contributed by atoms with Gasteiger partial charge in [-0.1, -0.05) is 0 Å². The van der Waals surface area contributed by atoms with Crippen molar-refractivity contribution < 1.29 is 24.2 Å². The van der Waals surface area contributed by atoms with E-state index in [9.17, 15) is 9.59 Å². The second-order valence-electron chi connectivity index (χ2n) is 5.12. The van der Waals surface area contributed by atoms with Crippen LogP contribution in [0.25, 0.3) is 0 Å². The lowest BCUT2D eigenvalue weighted by Crippen LogP contribution is -2.49. The number of aliphatic carboxylic acids is 1. The van der Waals surface area contributed by atoms with Gasteiger partial charge in [-0.3, -0.25) is 9.69 Å². The molecule has 21 heavy (non-hydrogen) atoms. The quantitative estimate of drug-likeness (QED) is 0.559. The normalized spacial score (nSPS) is 18.8. The number of carbonyl (C=O) groups excluding carboxylic acids is 1. The molecule has 0 spiro atoms. The van der Waals surface area contributed by atoms with E-state index in [1.54, 1.807) is 0 Å². The Balaban J connectivity index is 2.20. The second kappa shape index (κ2) is 9.54. The molecule has 2 atom stereocenters. The van der Waals surface area contributed by atoms with Gasteiger partial charge in [0.05, 0.1) is 25.7 Å². The van der Waals surface area contributed by atoms with Crippen molar-refractivity contribution in [3.05, 3.63) is 0 Å². The molecular formula is C13H25N3O5. The zero-order valence-corrected chi connectivity index (χ0v) is 12.6. The maximum Gasteiger partial charge on any atom is 0.315 e. The third-order valence-corrected chi connectivity index (χ3v) is 3.24. The fourth-order valence-corrected chi connectivity index (χ4v) is 2.13. The fourth-order valence-electron chi connectivity index (χ4n) is 2.13. The first-order chi connectivity index (χ1) is 10.0. The van der Waals surface area contributed by atoms with Crippen molar-refractivity contribution in [2.45, 2.75) is 25.5 Å². The third-order valence-electron chi connectivity index (χ3n) is 3.24. The summed E-state index contributed by atoms with van der Waals surface area (Å²) in [5, 5.41) is 14.1. The van der Waals surface area contributed by atoms with E-state index in [0.29, 0.717) is 0 Å². The molecule has 0 aromatic carbocycles. The van der Waals surface area contributed by atoms with Crippen molar-refractivity contribution in [2.75, 3.05) is 46.5 Å². The van der Waals surface area contributed by atoms with Crippen molar-refractivity contribution in [3.63, 3.8) is 0 Å². The van der Waals surface area contributed by atoms with Gasteiger partial charge in [0.15, 0.2) is 0 Å². The summed E-state index contributed by atoms with van der Waals surface area (Å²) < 4.78 is 10.3. The van der Waals surface area contributed by atoms with E-state index in [1.807, 2.05) is 6.92 Å². The molecule has 1 aliphatic rings. The highest BCUT2D eigenvalue weighted by molar-refractivity contribution is 5.74. The minimum atomic E-state index is -0.954. The minimum absolute atomic E-state index is 0.00330. The Bertz CT molecular complexity index is 334. The third kappa shape index (κ3) is 7.84. The van der Waals surface area contributed by atoms with Crippen molar-refractivity contribution in [2.24, 2.45) is 0 Å². The number of rotatable bonds is 8. The Hall–Kier alpha value is -1.38. The largest absolute Gasteiger partial charge is 0.481 e. The van der Waals surface area contributed by atoms with Crippen LogP contribution in [0.4, 0.5) is 4.79 Å². The zero-order valence-electron chi connectivity index (χ0n) is 12.6. The van der Waals surface area contributed by atoms with Gasteiger partial charge in [0.1, 0.15) is 0 Å². The molecule has 8 nitrogen and oxygen atoms in total. The molecule has 0 bridgehead atoms. The topological polar surface area (TPSA) is 100 Å². The molecule has 0 aromatic heterocycles. The molecule has 3 N–H and O–H groups in total. The van der Waals surface area contributed by atoms with Gasteiger partial charge < -0.3 is 25.2 Å². The highest BCUT2D eigenvalue weighted by Gasteiger charge is 2.17. The van der Waals surface area contributed by atoms with Crippen molar-refractivity contribution in [1.29, 1.82) is 0 Å². The molecule has 8 heteroatoms. The maximum absolute atomic E-state index is 11.7. The summed E-state index contributed by atoms with van der Waals surface area (Å²) in [5.41, 5.74) is 0. The van der Waals surface area contributed by atoms with Gasteiger partial charge in [0, 0.05) is 39.3 Å². The van der Waals surface area contributed by atoms with Crippen LogP contribution in [0.1, 0.15) is 13.3 Å². The molecule has 122 valence electrons. The van der Waals surface area contributed by atoms with Gasteiger partial charge in [-0.2, -0.15) is 0 Å². The predicted molar refractivity (Wildman–Crippen MR) is 76.3 cm³/mol. The summed E-state index contributed by atoms with van der Waals surface area (Å²) in [5.74, 6) is -0.954. The first kappa shape index (κ1) is 17.7. The number of morpholine rings is 1. The van der Waals surface area contributed by atoms with E-state index in [2.05, 4.69) is 15.5 Å². The molecule has 0 aliphatic carbocycles. The van der Waals surface area contributed by atoms with E-state index in [1.165, 1.54) is 7.11 Å². The molecule has 1 aliphatic heterocycles. The standard InChI is InChI=1S/C13H25N3O5/c1-10(9-16-3-5-21-6-4-16)15-13(19)14-8-11(20-2)7-12(17)18/h10-11H,3-9H2,1-2H3,(H,17,18)(H2,14,15,19). The van der Waals surface area contributed by atoms with Crippen LogP contribution in [-0.4, -0.2) is 80.7 Å². The zero-order chi connectivity index (χ0) is 15.7. The molecule has 2 amide bonds. The SMILES string of the molecule is COC(CNC(=O)NC(C)CN1CCOCC1)CC(=O)O. The van der Waals surface area contributed by atoms with Crippen molar-refractivity contribution in [1.82, 2.24) is 15.5 Å². The smallest absolute Gasteiger partial charge is 0.315 e. The number of urea groups is 1. The summed E-state index contributed by atoms with van der Waals surface area (Å²) in [6.45, 7) is 6.06. The van der Waals surface area contributed by atoms with Crippen LogP contribution in [0.2, 0.25) is 0 Å². The highest BCUT2D eigenvalue weighted by atomic mass is 16.5. The van der Waals surface area contributed by atoms with Crippen LogP contribution in [0.5, 0.6) is 0 Å². The Kier molecular flexibility index (Phi) is 8.03. The number of carboxylic acids is 1. The first-order valence-electron chi connectivity index (χ1n) is 7.10. The molecule has 1 rings (SSSR count). The molecular weight excluding hydrogens is 278 g/mol. The number of hydrogen-bond donors (Lipinski definition) is 3. The summed E-state index contributed by atoms with van der Waals surface area (Å²) in [6.07, 6.45) is -0.664. The molecule has 0 aromatic rings. The predicted octanol–water partition coefficient (Wildman–Crippen LogP) is -0.504. The van der Waals surface area contributed by atoms with Gasteiger partial charge in [-0.15, -0.1) is 0 Å². The van der Waals surface area contributed by atoms with Crippen LogP contribution in [0.15, 0.2) is 0 Å². The number of methoxy groups -OCH3 is 1. The number of carboxylic acid groups (broad SMARTS) is 1. The van der Waals surface area contributed by atoms with E-state index < -0.39 is 12.1 Å². The first-order valence-corrected chi connectivity index (χ1v) is 7.10. The van der Waals surface area contributed by atoms with E-state index in [-0.39, 0.29) is 25.0 Å². The number of hydrogen-bond acceptors (Lipinski definition) is 5. The molecule has 1 saturated heterocycles. The summed E-state index contributed by atoms with van der Waals surface area (Å²) in [6, 6.07) is -0.313. The maximum atomic E-state index is 11.7. The molecule has 0 radical (unpaired) electrons. The lowest BCUT2D eigenvalue weighted by atomic mass is 10.2. The van der Waals surface area contributed by atoms with Crippen LogP contribution in [-0.2, 0) is 14.3 Å². The van der Waals surface area contributed by atoms with E-state index in [4.69, 9.17) is 14.6 Å². The van der Waals surface area contributed by atoms with Gasteiger partial charge in [-0.25, -0.2) is 4.79 Å². The average molecular weight is 303 g/mol. The lowest BCUT2D eigenvalue weighted by molar-refractivity contribution is -0.139. The number of amides is 2. The Morgan fingerprint density at radius 2 is 2.05 bits per heavy atom. The monoisotopic (exact) mass is 303 g/mol. The molecule has 1 heterocycles. The fraction of sp³-hybridized carbons (Fsp3) is 0.846. The number of ether oxygens (including phenoxy) is 2. The van der Waals surface area contributed by atoms with Gasteiger partial charge in [0.2, 0.25) is 0 Å². The number of nitrogens with zero attached hydrogens (tertiary/aromatic N) is 1. The van der Waals surface area contributed by atoms with E-state index >= 15 is 0 Å². The Morgan fingerprint density at radius 1 is 1.38 bits per heavy atom. The van der Waals surface area contributed by atoms with Gasteiger partial charge >= 0.3 is 12.0 Å². The lowest BCUT2D eigenvalue weighted by Gasteiger charge is -2.29. The summed E-state index contributed by atoms with van der Waals surface area (Å²) in [7, 11) is 1.42. The Morgan fingerprint density at radius 3 is 2.62 bits per heavy atom. The van der Waals surface area contributed by atoms with Crippen molar-refractivity contribution >= 4 is 12.0 Å².